The van der Waals surface area contributed by atoms with Crippen molar-refractivity contribution in [1.29, 1.82) is 0 Å². The van der Waals surface area contributed by atoms with Crippen molar-refractivity contribution in [2.45, 2.75) is 25.6 Å². The van der Waals surface area contributed by atoms with Gasteiger partial charge in [-0.15, -0.1) is 11.6 Å². The summed E-state index contributed by atoms with van der Waals surface area (Å²) < 4.78 is 5.14. The van der Waals surface area contributed by atoms with Crippen molar-refractivity contribution >= 4 is 11.6 Å². The van der Waals surface area contributed by atoms with E-state index in [-0.39, 0.29) is 0 Å². The van der Waals surface area contributed by atoms with Crippen molar-refractivity contribution in [1.82, 2.24) is 9.97 Å². The van der Waals surface area contributed by atoms with Crippen molar-refractivity contribution in [3.8, 4) is 5.75 Å². The maximum absolute atomic E-state index is 5.86. The zero-order valence-electron chi connectivity index (χ0n) is 11.2. The fraction of sp³-hybridized carbons (Fsp3) is 0.333. The minimum Gasteiger partial charge on any atom is -0.497 e. The van der Waals surface area contributed by atoms with Crippen LogP contribution in [-0.2, 0) is 18.7 Å². The molecule has 2 rings (SSSR count). The van der Waals surface area contributed by atoms with Gasteiger partial charge in [0, 0.05) is 23.9 Å². The average Bonchev–Trinajstić information content (AvgIpc) is 2.48. The van der Waals surface area contributed by atoms with Gasteiger partial charge in [-0.2, -0.15) is 0 Å². The molecule has 0 unspecified atom stereocenters. The first kappa shape index (κ1) is 13.8. The summed E-state index contributed by atoms with van der Waals surface area (Å²) in [6.07, 6.45) is 3.43. The number of benzene rings is 1. The predicted octanol–water partition coefficient (Wildman–Crippen LogP) is 3.38. The summed E-state index contributed by atoms with van der Waals surface area (Å²) >= 11 is 5.86. The van der Waals surface area contributed by atoms with Crippen LogP contribution in [0.1, 0.15) is 29.6 Å². The maximum Gasteiger partial charge on any atom is 0.132 e. The van der Waals surface area contributed by atoms with E-state index in [0.29, 0.717) is 5.88 Å². The van der Waals surface area contributed by atoms with Gasteiger partial charge < -0.3 is 4.74 Å². The zero-order chi connectivity index (χ0) is 13.7. The molecule has 0 N–H and O–H groups in total. The molecule has 0 amide bonds. The van der Waals surface area contributed by atoms with Gasteiger partial charge in [0.2, 0.25) is 0 Å². The number of alkyl halides is 1. The topological polar surface area (TPSA) is 35.0 Å². The molecular weight excluding hydrogens is 260 g/mol. The van der Waals surface area contributed by atoms with Crippen molar-refractivity contribution in [2.24, 2.45) is 0 Å². The van der Waals surface area contributed by atoms with E-state index in [0.717, 1.165) is 35.7 Å². The van der Waals surface area contributed by atoms with Crippen LogP contribution in [0.25, 0.3) is 0 Å². The quantitative estimate of drug-likeness (QED) is 0.786. The van der Waals surface area contributed by atoms with Crippen molar-refractivity contribution in [3.05, 3.63) is 53.1 Å². The molecule has 0 fully saturated rings. The van der Waals surface area contributed by atoms with Crippen LogP contribution in [-0.4, -0.2) is 17.1 Å². The van der Waals surface area contributed by atoms with Crippen molar-refractivity contribution in [2.75, 3.05) is 7.11 Å². The van der Waals surface area contributed by atoms with Crippen LogP contribution < -0.4 is 4.74 Å². The van der Waals surface area contributed by atoms with E-state index in [9.17, 15) is 0 Å². The first-order valence-electron chi connectivity index (χ1n) is 6.29. The lowest BCUT2D eigenvalue weighted by atomic mass is 10.1. The third-order valence-corrected chi connectivity index (χ3v) is 3.29. The Hall–Kier alpha value is -1.61. The van der Waals surface area contributed by atoms with Gasteiger partial charge in [-0.25, -0.2) is 9.97 Å². The second-order valence-electron chi connectivity index (χ2n) is 4.27. The van der Waals surface area contributed by atoms with Crippen LogP contribution in [0.5, 0.6) is 5.75 Å². The average molecular weight is 277 g/mol. The van der Waals surface area contributed by atoms with Crippen LogP contribution in [0.2, 0.25) is 0 Å². The Morgan fingerprint density at radius 1 is 1.21 bits per heavy atom. The van der Waals surface area contributed by atoms with Crippen molar-refractivity contribution in [3.63, 3.8) is 0 Å². The second-order valence-corrected chi connectivity index (χ2v) is 4.54. The molecule has 3 nitrogen and oxygen atoms in total. The molecule has 0 aliphatic rings. The molecule has 0 saturated heterocycles. The molecule has 19 heavy (non-hydrogen) atoms. The Kier molecular flexibility index (Phi) is 4.74. The van der Waals surface area contributed by atoms with E-state index in [1.165, 1.54) is 5.56 Å². The summed E-state index contributed by atoms with van der Waals surface area (Å²) in [5.41, 5.74) is 3.22. The van der Waals surface area contributed by atoms with Crippen LogP contribution >= 0.6 is 11.6 Å². The van der Waals surface area contributed by atoms with Gasteiger partial charge in [-0.3, -0.25) is 0 Å². The summed E-state index contributed by atoms with van der Waals surface area (Å²) in [4.78, 5) is 8.94. The molecule has 0 bridgehead atoms. The molecule has 1 heterocycles. The zero-order valence-corrected chi connectivity index (χ0v) is 11.9. The Morgan fingerprint density at radius 2 is 1.95 bits per heavy atom. The molecule has 1 aromatic heterocycles. The number of ether oxygens (including phenoxy) is 1. The number of hydrogen-bond acceptors (Lipinski definition) is 3. The highest BCUT2D eigenvalue weighted by Gasteiger charge is 2.06. The molecule has 4 heteroatoms. The standard InChI is InChI=1S/C15H17ClN2O/c1-3-14-12(9-16)10-17-15(18-14)8-11-4-6-13(19-2)7-5-11/h4-7,10H,3,8-9H2,1-2H3. The summed E-state index contributed by atoms with van der Waals surface area (Å²) in [7, 11) is 1.66. The lowest BCUT2D eigenvalue weighted by molar-refractivity contribution is 0.414. The highest BCUT2D eigenvalue weighted by molar-refractivity contribution is 6.17. The second kappa shape index (κ2) is 6.53. The monoisotopic (exact) mass is 276 g/mol. The number of nitrogens with zero attached hydrogens (tertiary/aromatic N) is 2. The third-order valence-electron chi connectivity index (χ3n) is 3.00. The first-order valence-corrected chi connectivity index (χ1v) is 6.82. The minimum atomic E-state index is 0.464. The Morgan fingerprint density at radius 3 is 2.53 bits per heavy atom. The van der Waals surface area contributed by atoms with E-state index in [2.05, 4.69) is 16.9 Å². The van der Waals surface area contributed by atoms with Crippen LogP contribution in [0.4, 0.5) is 0 Å². The maximum atomic E-state index is 5.86. The van der Waals surface area contributed by atoms with E-state index in [1.54, 1.807) is 7.11 Å². The highest BCUT2D eigenvalue weighted by Crippen LogP contribution is 2.15. The van der Waals surface area contributed by atoms with E-state index < -0.39 is 0 Å². The number of hydrogen-bond donors (Lipinski definition) is 0. The molecule has 100 valence electrons. The molecule has 0 aliphatic carbocycles. The van der Waals surface area contributed by atoms with E-state index in [4.69, 9.17) is 16.3 Å². The highest BCUT2D eigenvalue weighted by atomic mass is 35.5. The molecule has 1 aromatic carbocycles. The number of aryl methyl sites for hydroxylation is 1. The molecule has 0 spiro atoms. The van der Waals surface area contributed by atoms with Crippen LogP contribution in [0.3, 0.4) is 0 Å². The number of rotatable bonds is 5. The fourth-order valence-corrected chi connectivity index (χ4v) is 2.14. The molecule has 0 saturated carbocycles. The van der Waals surface area contributed by atoms with Gasteiger partial charge >= 0.3 is 0 Å². The lowest BCUT2D eigenvalue weighted by Crippen LogP contribution is -2.03. The van der Waals surface area contributed by atoms with Gasteiger partial charge in [0.25, 0.3) is 0 Å². The van der Waals surface area contributed by atoms with Gasteiger partial charge in [0.05, 0.1) is 13.0 Å². The number of aromatic nitrogens is 2. The van der Waals surface area contributed by atoms with E-state index >= 15 is 0 Å². The Bertz CT molecular complexity index is 540. The molecule has 0 aliphatic heterocycles. The minimum absolute atomic E-state index is 0.464. The SMILES string of the molecule is CCc1nc(Cc2ccc(OC)cc2)ncc1CCl. The van der Waals surface area contributed by atoms with Crippen LogP contribution in [0.15, 0.2) is 30.5 Å². The molecule has 0 atom stereocenters. The summed E-state index contributed by atoms with van der Waals surface area (Å²) in [6.45, 7) is 2.08. The van der Waals surface area contributed by atoms with Crippen LogP contribution in [0, 0.1) is 0 Å². The third kappa shape index (κ3) is 3.44. The smallest absolute Gasteiger partial charge is 0.132 e. The Balaban J connectivity index is 2.18. The number of methoxy groups -OCH3 is 1. The van der Waals surface area contributed by atoms with Gasteiger partial charge in [-0.05, 0) is 24.1 Å². The van der Waals surface area contributed by atoms with E-state index in [1.807, 2.05) is 30.5 Å². The summed E-state index contributed by atoms with van der Waals surface area (Å²) in [5.74, 6) is 2.15. The molecule has 0 radical (unpaired) electrons. The molecular formula is C15H17ClN2O. The first-order chi connectivity index (χ1) is 9.26. The predicted molar refractivity (Wildman–Crippen MR) is 76.8 cm³/mol. The largest absolute Gasteiger partial charge is 0.497 e. The number of halogens is 1. The normalized spacial score (nSPS) is 10.5. The summed E-state index contributed by atoms with van der Waals surface area (Å²) in [6, 6.07) is 7.96. The lowest BCUT2D eigenvalue weighted by Gasteiger charge is -2.07. The van der Waals surface area contributed by atoms with Gasteiger partial charge in [-0.1, -0.05) is 19.1 Å². The summed E-state index contributed by atoms with van der Waals surface area (Å²) in [5, 5.41) is 0. The van der Waals surface area contributed by atoms with Gasteiger partial charge in [0.1, 0.15) is 11.6 Å². The Labute approximate surface area is 118 Å². The fourth-order valence-electron chi connectivity index (χ4n) is 1.91. The molecule has 2 aromatic rings. The van der Waals surface area contributed by atoms with Gasteiger partial charge in [0.15, 0.2) is 0 Å². The van der Waals surface area contributed by atoms with Crippen molar-refractivity contribution < 1.29 is 4.74 Å².